The first-order valence-corrected chi connectivity index (χ1v) is 7.15. The molecule has 1 aromatic heterocycles. The first-order chi connectivity index (χ1) is 8.52. The maximum Gasteiger partial charge on any atom is 0.0312 e. The smallest absolute Gasteiger partial charge is 0.0312 e. The van der Waals surface area contributed by atoms with Gasteiger partial charge in [-0.15, -0.1) is 0 Å². The van der Waals surface area contributed by atoms with Crippen molar-refractivity contribution in [2.45, 2.75) is 52.6 Å². The average molecular weight is 244 g/mol. The molecule has 1 heterocycles. The van der Waals surface area contributed by atoms with Gasteiger partial charge in [0.1, 0.15) is 0 Å². The van der Waals surface area contributed by atoms with E-state index < -0.39 is 0 Å². The first-order valence-electron chi connectivity index (χ1n) is 7.15. The second-order valence-electron chi connectivity index (χ2n) is 7.09. The minimum absolute atomic E-state index is 0.440. The standard InChI is InChI=1S/C16H24N2/c1-15(2)13-6-7-16(3,9-13)14(15)18-11-12-5-4-8-17-10-12/h4-5,8,10,13-14,18H,6-7,9,11H2,1-3H3/t13-,14?,16+/m0/s1. The second-order valence-corrected chi connectivity index (χ2v) is 7.09. The number of rotatable bonds is 3. The van der Waals surface area contributed by atoms with Crippen LogP contribution in [0.5, 0.6) is 0 Å². The summed E-state index contributed by atoms with van der Waals surface area (Å²) in [5.74, 6) is 0.911. The van der Waals surface area contributed by atoms with Gasteiger partial charge in [0.2, 0.25) is 0 Å². The largest absolute Gasteiger partial charge is 0.309 e. The van der Waals surface area contributed by atoms with Crippen molar-refractivity contribution in [1.82, 2.24) is 10.3 Å². The fourth-order valence-corrected chi connectivity index (χ4v) is 4.53. The van der Waals surface area contributed by atoms with E-state index in [-0.39, 0.29) is 0 Å². The maximum atomic E-state index is 4.19. The van der Waals surface area contributed by atoms with Crippen LogP contribution in [-0.2, 0) is 6.54 Å². The van der Waals surface area contributed by atoms with Crippen LogP contribution >= 0.6 is 0 Å². The van der Waals surface area contributed by atoms with Gasteiger partial charge in [-0.3, -0.25) is 4.98 Å². The molecule has 98 valence electrons. The van der Waals surface area contributed by atoms with E-state index in [0.29, 0.717) is 16.9 Å². The number of fused-ring (bicyclic) bond motifs is 2. The minimum atomic E-state index is 0.440. The lowest BCUT2D eigenvalue weighted by Gasteiger charge is -2.43. The highest BCUT2D eigenvalue weighted by atomic mass is 15.0. The monoisotopic (exact) mass is 244 g/mol. The fraction of sp³-hybridized carbons (Fsp3) is 0.688. The van der Waals surface area contributed by atoms with E-state index >= 15 is 0 Å². The van der Waals surface area contributed by atoms with Crippen molar-refractivity contribution in [3.05, 3.63) is 30.1 Å². The molecule has 0 saturated heterocycles. The van der Waals surface area contributed by atoms with Crippen molar-refractivity contribution in [2.24, 2.45) is 16.7 Å². The minimum Gasteiger partial charge on any atom is -0.309 e. The lowest BCUT2D eigenvalue weighted by molar-refractivity contribution is 0.108. The average Bonchev–Trinajstić information content (AvgIpc) is 2.81. The highest BCUT2D eigenvalue weighted by Crippen LogP contribution is 2.62. The van der Waals surface area contributed by atoms with E-state index in [1.54, 1.807) is 0 Å². The van der Waals surface area contributed by atoms with Crippen molar-refractivity contribution in [3.63, 3.8) is 0 Å². The van der Waals surface area contributed by atoms with Gasteiger partial charge in [0.05, 0.1) is 0 Å². The number of nitrogens with zero attached hydrogens (tertiary/aromatic N) is 1. The SMILES string of the molecule is CC1(C)C(NCc2cccnc2)[C@]2(C)CC[C@H]1C2. The lowest BCUT2D eigenvalue weighted by atomic mass is 9.68. The molecule has 3 rings (SSSR count). The summed E-state index contributed by atoms with van der Waals surface area (Å²) in [6, 6.07) is 4.82. The zero-order valence-electron chi connectivity index (χ0n) is 11.7. The van der Waals surface area contributed by atoms with Gasteiger partial charge in [-0.05, 0) is 47.6 Å². The summed E-state index contributed by atoms with van der Waals surface area (Å²) in [4.78, 5) is 4.19. The number of aromatic nitrogens is 1. The lowest BCUT2D eigenvalue weighted by Crippen LogP contribution is -2.49. The second kappa shape index (κ2) is 4.06. The Morgan fingerprint density at radius 2 is 2.22 bits per heavy atom. The van der Waals surface area contributed by atoms with Crippen LogP contribution < -0.4 is 5.32 Å². The van der Waals surface area contributed by atoms with Crippen LogP contribution in [0.3, 0.4) is 0 Å². The van der Waals surface area contributed by atoms with Crippen molar-refractivity contribution >= 4 is 0 Å². The molecule has 0 amide bonds. The quantitative estimate of drug-likeness (QED) is 0.881. The summed E-state index contributed by atoms with van der Waals surface area (Å²) >= 11 is 0. The molecule has 1 unspecified atom stereocenters. The highest BCUT2D eigenvalue weighted by molar-refractivity contribution is 5.14. The van der Waals surface area contributed by atoms with E-state index in [9.17, 15) is 0 Å². The Hall–Kier alpha value is -0.890. The first kappa shape index (κ1) is 12.2. The van der Waals surface area contributed by atoms with Crippen LogP contribution in [0.4, 0.5) is 0 Å². The molecule has 0 aliphatic heterocycles. The molecule has 2 nitrogen and oxygen atoms in total. The van der Waals surface area contributed by atoms with E-state index in [0.717, 1.165) is 12.5 Å². The summed E-state index contributed by atoms with van der Waals surface area (Å²) < 4.78 is 0. The predicted octanol–water partition coefficient (Wildman–Crippen LogP) is 3.39. The zero-order valence-corrected chi connectivity index (χ0v) is 11.7. The number of pyridine rings is 1. The van der Waals surface area contributed by atoms with Crippen LogP contribution in [-0.4, -0.2) is 11.0 Å². The molecule has 3 atom stereocenters. The van der Waals surface area contributed by atoms with Gasteiger partial charge in [0.25, 0.3) is 0 Å². The molecule has 0 spiro atoms. The molecule has 2 heteroatoms. The van der Waals surface area contributed by atoms with Crippen molar-refractivity contribution < 1.29 is 0 Å². The van der Waals surface area contributed by atoms with Gasteiger partial charge in [0, 0.05) is 25.0 Å². The molecule has 1 N–H and O–H groups in total. The normalized spacial score (nSPS) is 37.1. The Bertz CT molecular complexity index is 421. The number of nitrogens with one attached hydrogen (secondary N) is 1. The summed E-state index contributed by atoms with van der Waals surface area (Å²) in [6.07, 6.45) is 8.03. The van der Waals surface area contributed by atoms with Crippen LogP contribution in [0.1, 0.15) is 45.6 Å². The van der Waals surface area contributed by atoms with Crippen LogP contribution in [0, 0.1) is 16.7 Å². The summed E-state index contributed by atoms with van der Waals surface area (Å²) in [5, 5.41) is 3.82. The molecular formula is C16H24N2. The third-order valence-electron chi connectivity index (χ3n) is 5.50. The molecule has 2 saturated carbocycles. The third kappa shape index (κ3) is 1.78. The van der Waals surface area contributed by atoms with Crippen LogP contribution in [0.25, 0.3) is 0 Å². The Labute approximate surface area is 110 Å². The van der Waals surface area contributed by atoms with Crippen LogP contribution in [0.2, 0.25) is 0 Å². The molecule has 1 aromatic rings. The van der Waals surface area contributed by atoms with Gasteiger partial charge < -0.3 is 5.32 Å². The molecule has 2 aliphatic rings. The number of hydrogen-bond acceptors (Lipinski definition) is 2. The van der Waals surface area contributed by atoms with Gasteiger partial charge in [-0.2, -0.15) is 0 Å². The number of hydrogen-bond donors (Lipinski definition) is 1. The Morgan fingerprint density at radius 3 is 2.83 bits per heavy atom. The van der Waals surface area contributed by atoms with Gasteiger partial charge in [-0.25, -0.2) is 0 Å². The molecule has 0 radical (unpaired) electrons. The predicted molar refractivity (Wildman–Crippen MR) is 74.1 cm³/mol. The van der Waals surface area contributed by atoms with Gasteiger partial charge in [-0.1, -0.05) is 26.8 Å². The van der Waals surface area contributed by atoms with Crippen LogP contribution in [0.15, 0.2) is 24.5 Å². The summed E-state index contributed by atoms with van der Waals surface area (Å²) in [6.45, 7) is 8.32. The fourth-order valence-electron chi connectivity index (χ4n) is 4.53. The van der Waals surface area contributed by atoms with Crippen molar-refractivity contribution in [2.75, 3.05) is 0 Å². The highest BCUT2D eigenvalue weighted by Gasteiger charge is 2.58. The molecule has 2 aliphatic carbocycles. The summed E-state index contributed by atoms with van der Waals surface area (Å²) in [7, 11) is 0. The van der Waals surface area contributed by atoms with E-state index in [2.05, 4.69) is 37.1 Å². The topological polar surface area (TPSA) is 24.9 Å². The third-order valence-corrected chi connectivity index (χ3v) is 5.50. The van der Waals surface area contributed by atoms with E-state index in [1.807, 2.05) is 18.5 Å². The van der Waals surface area contributed by atoms with Crippen molar-refractivity contribution in [3.8, 4) is 0 Å². The zero-order chi connectivity index (χ0) is 12.8. The van der Waals surface area contributed by atoms with Gasteiger partial charge >= 0.3 is 0 Å². The van der Waals surface area contributed by atoms with E-state index in [4.69, 9.17) is 0 Å². The Morgan fingerprint density at radius 1 is 1.39 bits per heavy atom. The molecule has 2 fully saturated rings. The summed E-state index contributed by atoms with van der Waals surface area (Å²) in [5.41, 5.74) is 2.24. The maximum absolute atomic E-state index is 4.19. The molecule has 0 aromatic carbocycles. The Kier molecular flexibility index (Phi) is 2.74. The van der Waals surface area contributed by atoms with Crippen molar-refractivity contribution in [1.29, 1.82) is 0 Å². The molecule has 2 bridgehead atoms. The van der Waals surface area contributed by atoms with Gasteiger partial charge in [0.15, 0.2) is 0 Å². The Balaban J connectivity index is 1.73. The molecule has 18 heavy (non-hydrogen) atoms. The molecular weight excluding hydrogens is 220 g/mol. The van der Waals surface area contributed by atoms with E-state index in [1.165, 1.54) is 24.8 Å².